The van der Waals surface area contributed by atoms with Gasteiger partial charge in [0.15, 0.2) is 5.17 Å². The van der Waals surface area contributed by atoms with Crippen LogP contribution in [0.3, 0.4) is 0 Å². The van der Waals surface area contributed by atoms with E-state index < -0.39 is 0 Å². The van der Waals surface area contributed by atoms with E-state index in [1.165, 1.54) is 22.9 Å². The number of nitrogens with zero attached hydrogens (tertiary/aromatic N) is 3. The van der Waals surface area contributed by atoms with Crippen LogP contribution in [-0.4, -0.2) is 15.6 Å². The van der Waals surface area contributed by atoms with Gasteiger partial charge in [0.25, 0.3) is 5.91 Å². The molecule has 39 heavy (non-hydrogen) atoms. The van der Waals surface area contributed by atoms with Crippen molar-refractivity contribution in [2.24, 2.45) is 4.99 Å². The number of anilines is 1. The zero-order valence-electron chi connectivity index (χ0n) is 22.3. The predicted octanol–water partition coefficient (Wildman–Crippen LogP) is 9.55. The van der Waals surface area contributed by atoms with E-state index >= 15 is 0 Å². The average Bonchev–Trinajstić information content (AvgIpc) is 3.37. The summed E-state index contributed by atoms with van der Waals surface area (Å²) in [6.07, 6.45) is 3.91. The van der Waals surface area contributed by atoms with Crippen molar-refractivity contribution in [3.05, 3.63) is 115 Å². The SMILES string of the molecule is CCc1ccc(N=C2S/C(=C\c3c(Br)c(C)n(-c4ccc(Br)cc4)c3C)C(=O)N2c2ccc(CC)cc2)cc1. The molecule has 2 heterocycles. The number of thioether (sulfide) groups is 1. The molecule has 198 valence electrons. The summed E-state index contributed by atoms with van der Waals surface area (Å²) in [7, 11) is 0. The maximum Gasteiger partial charge on any atom is 0.271 e. The first-order chi connectivity index (χ1) is 18.8. The third-order valence-electron chi connectivity index (χ3n) is 6.95. The summed E-state index contributed by atoms with van der Waals surface area (Å²) >= 11 is 8.75. The second-order valence-electron chi connectivity index (χ2n) is 9.40. The second-order valence-corrected chi connectivity index (χ2v) is 12.1. The maximum absolute atomic E-state index is 13.9. The van der Waals surface area contributed by atoms with Gasteiger partial charge in [-0.25, -0.2) is 4.99 Å². The second kappa shape index (κ2) is 11.7. The van der Waals surface area contributed by atoms with Crippen molar-refractivity contribution in [1.82, 2.24) is 4.57 Å². The number of aromatic nitrogens is 1. The third-order valence-corrected chi connectivity index (χ3v) is 9.45. The number of carbonyl (C=O) groups excluding carboxylic acids is 1. The lowest BCUT2D eigenvalue weighted by atomic mass is 10.1. The Bertz CT molecular complexity index is 1580. The summed E-state index contributed by atoms with van der Waals surface area (Å²) in [5, 5.41) is 0.651. The Labute approximate surface area is 251 Å². The molecule has 1 amide bonds. The number of aliphatic imine (C=N–C) groups is 1. The molecule has 3 aromatic carbocycles. The molecule has 0 spiro atoms. The Balaban J connectivity index is 1.58. The molecule has 1 aliphatic rings. The molecule has 1 aromatic heterocycles. The molecule has 0 bridgehead atoms. The lowest BCUT2D eigenvalue weighted by Gasteiger charge is -2.16. The molecule has 1 saturated heterocycles. The molecule has 1 fully saturated rings. The maximum atomic E-state index is 13.9. The highest BCUT2D eigenvalue weighted by Crippen LogP contribution is 2.40. The molecule has 0 N–H and O–H groups in total. The smallest absolute Gasteiger partial charge is 0.271 e. The molecule has 0 atom stereocenters. The zero-order chi connectivity index (χ0) is 27.7. The van der Waals surface area contributed by atoms with E-state index in [1.54, 1.807) is 4.90 Å². The van der Waals surface area contributed by atoms with Crippen LogP contribution in [-0.2, 0) is 17.6 Å². The quantitative estimate of drug-likeness (QED) is 0.193. The van der Waals surface area contributed by atoms with Crippen LogP contribution in [0, 0.1) is 13.8 Å². The van der Waals surface area contributed by atoms with Crippen molar-refractivity contribution in [2.45, 2.75) is 40.5 Å². The van der Waals surface area contributed by atoms with E-state index in [2.05, 4.69) is 101 Å². The highest BCUT2D eigenvalue weighted by Gasteiger charge is 2.35. The van der Waals surface area contributed by atoms with Gasteiger partial charge in [0.1, 0.15) is 0 Å². The van der Waals surface area contributed by atoms with E-state index in [0.717, 1.165) is 55.8 Å². The molecule has 5 rings (SSSR count). The molecule has 0 unspecified atom stereocenters. The Kier molecular flexibility index (Phi) is 8.31. The number of hydrogen-bond acceptors (Lipinski definition) is 3. The number of halogens is 2. The van der Waals surface area contributed by atoms with Crippen LogP contribution >= 0.6 is 43.6 Å². The summed E-state index contributed by atoms with van der Waals surface area (Å²) in [6.45, 7) is 8.43. The minimum Gasteiger partial charge on any atom is -0.317 e. The zero-order valence-corrected chi connectivity index (χ0v) is 26.3. The van der Waals surface area contributed by atoms with E-state index in [4.69, 9.17) is 4.99 Å². The molecule has 0 saturated carbocycles. The van der Waals surface area contributed by atoms with E-state index in [0.29, 0.717) is 10.1 Å². The third kappa shape index (κ3) is 5.58. The average molecular weight is 663 g/mol. The van der Waals surface area contributed by atoms with Crippen LogP contribution in [0.4, 0.5) is 11.4 Å². The lowest BCUT2D eigenvalue weighted by Crippen LogP contribution is -2.28. The van der Waals surface area contributed by atoms with Crippen LogP contribution in [0.15, 0.2) is 91.6 Å². The number of benzene rings is 3. The molecule has 4 aromatic rings. The number of carbonyl (C=O) groups is 1. The van der Waals surface area contributed by atoms with E-state index in [-0.39, 0.29) is 5.91 Å². The number of hydrogen-bond donors (Lipinski definition) is 0. The molecule has 4 nitrogen and oxygen atoms in total. The molecular formula is C32H29Br2N3OS. The Morgan fingerprint density at radius 3 is 1.95 bits per heavy atom. The number of rotatable bonds is 6. The van der Waals surface area contributed by atoms with Gasteiger partial charge in [-0.3, -0.25) is 9.69 Å². The van der Waals surface area contributed by atoms with Crippen molar-refractivity contribution in [3.63, 3.8) is 0 Å². The van der Waals surface area contributed by atoms with Crippen LogP contribution in [0.5, 0.6) is 0 Å². The monoisotopic (exact) mass is 661 g/mol. The fourth-order valence-corrected chi connectivity index (χ4v) is 6.50. The van der Waals surface area contributed by atoms with E-state index in [9.17, 15) is 4.79 Å². The molecule has 0 radical (unpaired) electrons. The number of amidine groups is 1. The van der Waals surface area contributed by atoms with Crippen molar-refractivity contribution < 1.29 is 4.79 Å². The minimum absolute atomic E-state index is 0.0754. The van der Waals surface area contributed by atoms with Crippen molar-refractivity contribution in [1.29, 1.82) is 0 Å². The minimum atomic E-state index is -0.0754. The van der Waals surface area contributed by atoms with Gasteiger partial charge >= 0.3 is 0 Å². The van der Waals surface area contributed by atoms with Crippen LogP contribution in [0.2, 0.25) is 0 Å². The standard InChI is InChI=1S/C32H29Br2N3OS/c1-5-22-7-13-25(14-8-22)35-32-37(27-15-9-23(6-2)10-16-27)31(38)29(39-32)19-28-20(3)36(21(4)30(28)34)26-17-11-24(33)12-18-26/h7-19H,5-6H2,1-4H3/b29-19-,35-32?. The van der Waals surface area contributed by atoms with Gasteiger partial charge in [-0.1, -0.05) is 54.0 Å². The summed E-state index contributed by atoms with van der Waals surface area (Å²) in [6, 6.07) is 24.6. The molecule has 1 aliphatic heterocycles. The first kappa shape index (κ1) is 27.7. The first-order valence-corrected chi connectivity index (χ1v) is 15.3. The predicted molar refractivity (Wildman–Crippen MR) is 172 cm³/mol. The van der Waals surface area contributed by atoms with Gasteiger partial charge in [0.2, 0.25) is 0 Å². The fraction of sp³-hybridized carbons (Fsp3) is 0.188. The molecule has 7 heteroatoms. The Morgan fingerprint density at radius 2 is 1.36 bits per heavy atom. The van der Waals surface area contributed by atoms with Crippen LogP contribution < -0.4 is 4.90 Å². The first-order valence-electron chi connectivity index (χ1n) is 12.9. The van der Waals surface area contributed by atoms with Crippen LogP contribution in [0.1, 0.15) is 41.9 Å². The van der Waals surface area contributed by atoms with Gasteiger partial charge < -0.3 is 4.57 Å². The molecule has 0 aliphatic carbocycles. The van der Waals surface area contributed by atoms with E-state index in [1.807, 2.05) is 42.5 Å². The van der Waals surface area contributed by atoms with Crippen molar-refractivity contribution in [3.8, 4) is 5.69 Å². The summed E-state index contributed by atoms with van der Waals surface area (Å²) in [4.78, 5) is 21.2. The van der Waals surface area contributed by atoms with Crippen molar-refractivity contribution in [2.75, 3.05) is 4.90 Å². The topological polar surface area (TPSA) is 37.6 Å². The van der Waals surface area contributed by atoms with Crippen molar-refractivity contribution >= 4 is 72.1 Å². The summed E-state index contributed by atoms with van der Waals surface area (Å²) in [5.74, 6) is -0.0754. The van der Waals surface area contributed by atoms with Gasteiger partial charge in [0.05, 0.1) is 16.3 Å². The largest absolute Gasteiger partial charge is 0.317 e. The molecular weight excluding hydrogens is 634 g/mol. The fourth-order valence-electron chi connectivity index (χ4n) is 4.67. The highest BCUT2D eigenvalue weighted by molar-refractivity contribution is 9.10. The van der Waals surface area contributed by atoms with Gasteiger partial charge in [-0.15, -0.1) is 0 Å². The highest BCUT2D eigenvalue weighted by atomic mass is 79.9. The summed E-state index contributed by atoms with van der Waals surface area (Å²) in [5.41, 5.74) is 8.32. The van der Waals surface area contributed by atoms with Gasteiger partial charge in [-0.05, 0) is 120 Å². The summed E-state index contributed by atoms with van der Waals surface area (Å²) < 4.78 is 4.22. The normalized spacial score (nSPS) is 15.6. The number of amides is 1. The lowest BCUT2D eigenvalue weighted by molar-refractivity contribution is -0.113. The van der Waals surface area contributed by atoms with Gasteiger partial charge in [-0.2, -0.15) is 0 Å². The number of aryl methyl sites for hydroxylation is 2. The Morgan fingerprint density at radius 1 is 0.795 bits per heavy atom. The van der Waals surface area contributed by atoms with Crippen LogP contribution in [0.25, 0.3) is 11.8 Å². The Hall–Kier alpha value is -2.87. The van der Waals surface area contributed by atoms with Gasteiger partial charge in [0, 0.05) is 31.6 Å².